The molecule has 2 fully saturated rings. The van der Waals surface area contributed by atoms with Crippen molar-refractivity contribution in [3.8, 4) is 0 Å². The summed E-state index contributed by atoms with van der Waals surface area (Å²) in [6.07, 6.45) is 5.91. The third kappa shape index (κ3) is 3.02. The van der Waals surface area contributed by atoms with Crippen LogP contribution in [0.3, 0.4) is 0 Å². The second-order valence-electron chi connectivity index (χ2n) is 6.18. The van der Waals surface area contributed by atoms with Crippen molar-refractivity contribution in [1.82, 2.24) is 20.1 Å². The largest absolute Gasteiger partial charge is 0.356 e. The number of aromatic amines is 1. The molecule has 2 amide bonds. The Hall–Kier alpha value is -1.82. The lowest BCUT2D eigenvalue weighted by Crippen LogP contribution is -2.46. The molecule has 1 aromatic rings. The van der Waals surface area contributed by atoms with Gasteiger partial charge in [0.2, 0.25) is 0 Å². The molecular weight excluding hydrogens is 280 g/mol. The average Bonchev–Trinajstić information content (AvgIpc) is 3.25. The molecule has 0 spiro atoms. The highest BCUT2D eigenvalue weighted by Gasteiger charge is 2.26. The third-order valence-electron chi connectivity index (χ3n) is 4.67. The number of nitrogens with one attached hydrogen (secondary N) is 2. The van der Waals surface area contributed by atoms with E-state index in [0.29, 0.717) is 17.3 Å². The first-order chi connectivity index (χ1) is 10.7. The molecule has 22 heavy (non-hydrogen) atoms. The zero-order valence-corrected chi connectivity index (χ0v) is 13.1. The molecule has 0 bridgehead atoms. The van der Waals surface area contributed by atoms with Gasteiger partial charge in [-0.3, -0.25) is 9.59 Å². The summed E-state index contributed by atoms with van der Waals surface area (Å²) >= 11 is 0. The maximum absolute atomic E-state index is 12.6. The average molecular weight is 304 g/mol. The topological polar surface area (TPSA) is 68.4 Å². The van der Waals surface area contributed by atoms with Crippen LogP contribution in [0.1, 0.15) is 46.5 Å². The van der Waals surface area contributed by atoms with Crippen molar-refractivity contribution in [3.05, 3.63) is 23.5 Å². The molecule has 120 valence electrons. The number of piperidine rings is 1. The van der Waals surface area contributed by atoms with Gasteiger partial charge in [0.15, 0.2) is 0 Å². The van der Waals surface area contributed by atoms with Crippen LogP contribution in [-0.4, -0.2) is 65.9 Å². The Balaban J connectivity index is 1.67. The monoisotopic (exact) mass is 304 g/mol. The summed E-state index contributed by atoms with van der Waals surface area (Å²) in [4.78, 5) is 31.6. The van der Waals surface area contributed by atoms with Crippen LogP contribution in [0.2, 0.25) is 0 Å². The molecule has 2 aliphatic rings. The zero-order chi connectivity index (χ0) is 15.5. The van der Waals surface area contributed by atoms with Crippen molar-refractivity contribution >= 4 is 11.8 Å². The Morgan fingerprint density at radius 3 is 2.59 bits per heavy atom. The van der Waals surface area contributed by atoms with E-state index < -0.39 is 0 Å². The number of aromatic nitrogens is 1. The highest BCUT2D eigenvalue weighted by molar-refractivity contribution is 5.99. The SMILES string of the molecule is CNC1CCCN(C(=O)c2c[nH]c(C(=O)N3CCCC3)c2)C1. The van der Waals surface area contributed by atoms with Crippen LogP contribution < -0.4 is 5.32 Å². The van der Waals surface area contributed by atoms with Gasteiger partial charge in [-0.15, -0.1) is 0 Å². The van der Waals surface area contributed by atoms with Gasteiger partial charge in [0.05, 0.1) is 5.56 Å². The minimum absolute atomic E-state index is 0.00305. The highest BCUT2D eigenvalue weighted by atomic mass is 16.2. The van der Waals surface area contributed by atoms with Gasteiger partial charge in [0.1, 0.15) is 5.69 Å². The molecule has 2 aliphatic heterocycles. The molecule has 1 atom stereocenters. The lowest BCUT2D eigenvalue weighted by molar-refractivity contribution is 0.0698. The normalized spacial score (nSPS) is 22.1. The van der Waals surface area contributed by atoms with Gasteiger partial charge in [-0.25, -0.2) is 0 Å². The van der Waals surface area contributed by atoms with Crippen LogP contribution in [0.4, 0.5) is 0 Å². The van der Waals surface area contributed by atoms with Crippen molar-refractivity contribution < 1.29 is 9.59 Å². The van der Waals surface area contributed by atoms with Gasteiger partial charge >= 0.3 is 0 Å². The van der Waals surface area contributed by atoms with Crippen molar-refractivity contribution in [2.45, 2.75) is 31.7 Å². The van der Waals surface area contributed by atoms with E-state index in [9.17, 15) is 9.59 Å². The van der Waals surface area contributed by atoms with E-state index in [4.69, 9.17) is 0 Å². The van der Waals surface area contributed by atoms with Gasteiger partial charge in [-0.1, -0.05) is 0 Å². The van der Waals surface area contributed by atoms with E-state index >= 15 is 0 Å². The summed E-state index contributed by atoms with van der Waals surface area (Å²) in [7, 11) is 1.93. The molecule has 2 saturated heterocycles. The Morgan fingerprint density at radius 1 is 1.14 bits per heavy atom. The predicted octanol–water partition coefficient (Wildman–Crippen LogP) is 1.07. The fourth-order valence-electron chi connectivity index (χ4n) is 3.31. The molecule has 0 saturated carbocycles. The molecule has 1 unspecified atom stereocenters. The number of nitrogens with zero attached hydrogens (tertiary/aromatic N) is 2. The van der Waals surface area contributed by atoms with Crippen LogP contribution in [-0.2, 0) is 0 Å². The maximum atomic E-state index is 12.6. The molecular formula is C16H24N4O2. The van der Waals surface area contributed by atoms with Crippen LogP contribution in [0, 0.1) is 0 Å². The van der Waals surface area contributed by atoms with Crippen molar-refractivity contribution in [1.29, 1.82) is 0 Å². The van der Waals surface area contributed by atoms with Crippen molar-refractivity contribution in [2.75, 3.05) is 33.2 Å². The first-order valence-corrected chi connectivity index (χ1v) is 8.13. The minimum Gasteiger partial charge on any atom is -0.356 e. The van der Waals surface area contributed by atoms with Gasteiger partial charge in [-0.05, 0) is 38.8 Å². The number of rotatable bonds is 3. The van der Waals surface area contributed by atoms with Crippen molar-refractivity contribution in [3.63, 3.8) is 0 Å². The first-order valence-electron chi connectivity index (χ1n) is 8.13. The molecule has 6 heteroatoms. The fourth-order valence-corrected chi connectivity index (χ4v) is 3.31. The summed E-state index contributed by atoms with van der Waals surface area (Å²) in [6, 6.07) is 2.06. The summed E-state index contributed by atoms with van der Waals surface area (Å²) in [6.45, 7) is 3.15. The predicted molar refractivity (Wildman–Crippen MR) is 83.9 cm³/mol. The number of hydrogen-bond donors (Lipinski definition) is 2. The van der Waals surface area contributed by atoms with Crippen LogP contribution >= 0.6 is 0 Å². The first kappa shape index (κ1) is 15.1. The summed E-state index contributed by atoms with van der Waals surface area (Å²) in [5, 5.41) is 3.24. The molecule has 0 radical (unpaired) electrons. The second-order valence-corrected chi connectivity index (χ2v) is 6.18. The van der Waals surface area contributed by atoms with Crippen LogP contribution in [0.5, 0.6) is 0 Å². The maximum Gasteiger partial charge on any atom is 0.270 e. The van der Waals surface area contributed by atoms with Gasteiger partial charge in [0.25, 0.3) is 11.8 Å². The van der Waals surface area contributed by atoms with E-state index in [-0.39, 0.29) is 11.8 Å². The summed E-state index contributed by atoms with van der Waals surface area (Å²) in [5.41, 5.74) is 1.10. The number of amides is 2. The Labute approximate surface area is 130 Å². The Kier molecular flexibility index (Phi) is 4.47. The number of carbonyl (C=O) groups excluding carboxylic acids is 2. The van der Waals surface area contributed by atoms with Crippen LogP contribution in [0.15, 0.2) is 12.3 Å². The summed E-state index contributed by atoms with van der Waals surface area (Å²) in [5.74, 6) is 0.0139. The molecule has 1 aromatic heterocycles. The van der Waals surface area contributed by atoms with E-state index in [2.05, 4.69) is 10.3 Å². The lowest BCUT2D eigenvalue weighted by Gasteiger charge is -2.32. The van der Waals surface area contributed by atoms with E-state index in [1.165, 1.54) is 0 Å². The van der Waals surface area contributed by atoms with E-state index in [0.717, 1.165) is 51.9 Å². The standard InChI is InChI=1S/C16H24N4O2/c1-17-13-5-4-8-20(11-13)15(21)12-9-14(18-10-12)16(22)19-6-2-3-7-19/h9-10,13,17-18H,2-8,11H2,1H3. The third-order valence-corrected chi connectivity index (χ3v) is 4.67. The lowest BCUT2D eigenvalue weighted by atomic mass is 10.1. The number of H-pyrrole nitrogens is 1. The highest BCUT2D eigenvalue weighted by Crippen LogP contribution is 2.17. The number of carbonyl (C=O) groups is 2. The molecule has 6 nitrogen and oxygen atoms in total. The molecule has 0 aliphatic carbocycles. The Bertz CT molecular complexity index is 548. The zero-order valence-electron chi connectivity index (χ0n) is 13.1. The molecule has 0 aromatic carbocycles. The molecule has 2 N–H and O–H groups in total. The van der Waals surface area contributed by atoms with E-state index in [1.54, 1.807) is 12.3 Å². The van der Waals surface area contributed by atoms with Crippen LogP contribution in [0.25, 0.3) is 0 Å². The molecule has 3 heterocycles. The second kappa shape index (κ2) is 6.52. The van der Waals surface area contributed by atoms with Gasteiger partial charge < -0.3 is 20.1 Å². The van der Waals surface area contributed by atoms with Gasteiger partial charge in [-0.2, -0.15) is 0 Å². The fraction of sp³-hybridized carbons (Fsp3) is 0.625. The smallest absolute Gasteiger partial charge is 0.270 e. The number of likely N-dealkylation sites (N-methyl/N-ethyl adjacent to an activating group) is 1. The van der Waals surface area contributed by atoms with E-state index in [1.807, 2.05) is 16.8 Å². The van der Waals surface area contributed by atoms with Crippen molar-refractivity contribution in [2.24, 2.45) is 0 Å². The minimum atomic E-state index is 0.00305. The number of hydrogen-bond acceptors (Lipinski definition) is 3. The summed E-state index contributed by atoms with van der Waals surface area (Å²) < 4.78 is 0. The Morgan fingerprint density at radius 2 is 1.86 bits per heavy atom. The quantitative estimate of drug-likeness (QED) is 0.878. The number of likely N-dealkylation sites (tertiary alicyclic amines) is 2. The molecule has 3 rings (SSSR count). The van der Waals surface area contributed by atoms with Gasteiger partial charge in [0, 0.05) is 38.4 Å².